The van der Waals surface area contributed by atoms with Gasteiger partial charge in [-0.3, -0.25) is 9.59 Å². The summed E-state index contributed by atoms with van der Waals surface area (Å²) in [7, 11) is 0. The molecule has 1 fully saturated rings. The number of piperidine rings is 1. The minimum Gasteiger partial charge on any atom is -0.469 e. The number of aryl methyl sites for hydroxylation is 1. The van der Waals surface area contributed by atoms with E-state index < -0.39 is 0 Å². The minimum atomic E-state index is -0.0926. The highest BCUT2D eigenvalue weighted by Gasteiger charge is 2.28. The molecule has 2 N–H and O–H groups in total. The second-order valence-electron chi connectivity index (χ2n) is 7.51. The zero-order chi connectivity index (χ0) is 19.9. The monoisotopic (exact) mass is 384 g/mol. The van der Waals surface area contributed by atoms with E-state index in [1.54, 1.807) is 6.26 Å². The molecule has 0 bridgehead atoms. The third-order valence-electron chi connectivity index (χ3n) is 5.34. The van der Waals surface area contributed by atoms with E-state index in [9.17, 15) is 14.7 Å². The van der Waals surface area contributed by atoms with Crippen molar-refractivity contribution < 1.29 is 19.1 Å². The van der Waals surface area contributed by atoms with Crippen molar-refractivity contribution in [3.63, 3.8) is 0 Å². The van der Waals surface area contributed by atoms with E-state index >= 15 is 0 Å². The van der Waals surface area contributed by atoms with Crippen molar-refractivity contribution in [3.8, 4) is 0 Å². The lowest BCUT2D eigenvalue weighted by atomic mass is 9.95. The predicted octanol–water partition coefficient (Wildman–Crippen LogP) is 2.41. The van der Waals surface area contributed by atoms with Crippen molar-refractivity contribution in [3.05, 3.63) is 59.5 Å². The quantitative estimate of drug-likeness (QED) is 0.768. The number of aliphatic hydroxyl groups excluding tert-OH is 1. The highest BCUT2D eigenvalue weighted by Crippen LogP contribution is 2.20. The van der Waals surface area contributed by atoms with Crippen molar-refractivity contribution >= 4 is 11.8 Å². The average Bonchev–Trinajstić information content (AvgIpc) is 3.24. The van der Waals surface area contributed by atoms with Crippen molar-refractivity contribution in [2.45, 2.75) is 26.2 Å². The summed E-state index contributed by atoms with van der Waals surface area (Å²) in [6, 6.07) is 11.3. The van der Waals surface area contributed by atoms with Crippen LogP contribution in [0, 0.1) is 18.8 Å². The van der Waals surface area contributed by atoms with Crippen LogP contribution in [-0.4, -0.2) is 48.1 Å². The maximum absolute atomic E-state index is 12.6. The fraction of sp³-hybridized carbons (Fsp3) is 0.455. The first kappa shape index (κ1) is 20.1. The maximum atomic E-state index is 12.6. The molecule has 1 atom stereocenters. The van der Waals surface area contributed by atoms with Gasteiger partial charge in [-0.2, -0.15) is 0 Å². The van der Waals surface area contributed by atoms with Crippen molar-refractivity contribution in [2.75, 3.05) is 26.2 Å². The van der Waals surface area contributed by atoms with E-state index in [2.05, 4.69) is 5.32 Å². The number of likely N-dealkylation sites (tertiary alicyclic amines) is 1. The number of rotatable bonds is 7. The molecule has 1 aromatic carbocycles. The molecule has 0 radical (unpaired) electrons. The first-order valence-corrected chi connectivity index (χ1v) is 9.83. The molecule has 6 nitrogen and oxygen atoms in total. The Kier molecular flexibility index (Phi) is 6.87. The smallest absolute Gasteiger partial charge is 0.253 e. The molecule has 1 saturated heterocycles. The Morgan fingerprint density at radius 1 is 1.21 bits per heavy atom. The third-order valence-corrected chi connectivity index (χ3v) is 5.34. The summed E-state index contributed by atoms with van der Waals surface area (Å²) < 4.78 is 5.30. The Hall–Kier alpha value is -2.60. The summed E-state index contributed by atoms with van der Waals surface area (Å²) >= 11 is 0. The van der Waals surface area contributed by atoms with E-state index in [1.807, 2.05) is 48.2 Å². The van der Waals surface area contributed by atoms with Crippen LogP contribution in [-0.2, 0) is 11.2 Å². The standard InChI is InChI=1S/C22H28N2O4/c1-16-4-6-19(7-5-16)22(27)24-10-8-18(9-11-24)21(26)23-14-17(15-25)13-20-3-2-12-28-20/h2-7,12,17-18,25H,8-11,13-15H2,1H3,(H,23,26). The summed E-state index contributed by atoms with van der Waals surface area (Å²) in [6.07, 6.45) is 3.51. The number of aliphatic hydroxyl groups is 1. The molecule has 6 heteroatoms. The molecule has 3 rings (SSSR count). The summed E-state index contributed by atoms with van der Waals surface area (Å²) in [5.41, 5.74) is 1.82. The highest BCUT2D eigenvalue weighted by atomic mass is 16.3. The molecule has 1 unspecified atom stereocenters. The largest absolute Gasteiger partial charge is 0.469 e. The minimum absolute atomic E-state index is 0.000305. The second-order valence-corrected chi connectivity index (χ2v) is 7.51. The van der Waals surface area contributed by atoms with Gasteiger partial charge in [-0.15, -0.1) is 0 Å². The van der Waals surface area contributed by atoms with E-state index in [4.69, 9.17) is 4.42 Å². The van der Waals surface area contributed by atoms with Crippen molar-refractivity contribution in [1.82, 2.24) is 10.2 Å². The van der Waals surface area contributed by atoms with Gasteiger partial charge < -0.3 is 19.7 Å². The van der Waals surface area contributed by atoms with Crippen LogP contribution in [0.25, 0.3) is 0 Å². The van der Waals surface area contributed by atoms with Gasteiger partial charge in [0.15, 0.2) is 0 Å². The molecule has 28 heavy (non-hydrogen) atoms. The Balaban J connectivity index is 1.44. The highest BCUT2D eigenvalue weighted by molar-refractivity contribution is 5.94. The number of benzene rings is 1. The summed E-state index contributed by atoms with van der Waals surface area (Å²) in [5, 5.41) is 12.5. The van der Waals surface area contributed by atoms with E-state index in [0.29, 0.717) is 44.5 Å². The molecule has 0 aliphatic carbocycles. The first-order valence-electron chi connectivity index (χ1n) is 9.83. The zero-order valence-electron chi connectivity index (χ0n) is 16.3. The van der Waals surface area contributed by atoms with Gasteiger partial charge in [-0.1, -0.05) is 17.7 Å². The third kappa shape index (κ3) is 5.23. The molecule has 0 saturated carbocycles. The van der Waals surface area contributed by atoms with Gasteiger partial charge in [-0.05, 0) is 44.0 Å². The van der Waals surface area contributed by atoms with E-state index in [0.717, 1.165) is 11.3 Å². The number of hydrogen-bond acceptors (Lipinski definition) is 4. The lowest BCUT2D eigenvalue weighted by molar-refractivity contribution is -0.126. The van der Waals surface area contributed by atoms with Crippen LogP contribution in [0.4, 0.5) is 0 Å². The van der Waals surface area contributed by atoms with E-state index in [-0.39, 0.29) is 30.3 Å². The Morgan fingerprint density at radius 2 is 1.93 bits per heavy atom. The summed E-state index contributed by atoms with van der Waals surface area (Å²) in [5.74, 6) is 0.664. The van der Waals surface area contributed by atoms with Gasteiger partial charge in [0.1, 0.15) is 5.76 Å². The van der Waals surface area contributed by atoms with Crippen LogP contribution in [0.1, 0.15) is 34.5 Å². The predicted molar refractivity (Wildman–Crippen MR) is 106 cm³/mol. The lowest BCUT2D eigenvalue weighted by Gasteiger charge is -2.31. The summed E-state index contributed by atoms with van der Waals surface area (Å²) in [6.45, 7) is 3.57. The number of carbonyl (C=O) groups excluding carboxylic acids is 2. The average molecular weight is 384 g/mol. The van der Waals surface area contributed by atoms with Crippen LogP contribution < -0.4 is 5.32 Å². The molecular weight excluding hydrogens is 356 g/mol. The molecule has 0 spiro atoms. The van der Waals surface area contributed by atoms with Crippen LogP contribution in [0.3, 0.4) is 0 Å². The second kappa shape index (κ2) is 9.55. The zero-order valence-corrected chi connectivity index (χ0v) is 16.3. The molecule has 2 heterocycles. The number of amides is 2. The molecular formula is C22H28N2O4. The normalized spacial score (nSPS) is 16.0. The molecule has 1 aromatic heterocycles. The van der Waals surface area contributed by atoms with Gasteiger partial charge >= 0.3 is 0 Å². The fourth-order valence-corrected chi connectivity index (χ4v) is 3.53. The first-order chi connectivity index (χ1) is 13.6. The van der Waals surface area contributed by atoms with Crippen LogP contribution in [0.15, 0.2) is 47.1 Å². The number of furan rings is 1. The molecule has 1 aliphatic heterocycles. The van der Waals surface area contributed by atoms with Crippen LogP contribution in [0.5, 0.6) is 0 Å². The van der Waals surface area contributed by atoms with Gasteiger partial charge in [0, 0.05) is 50.1 Å². The number of nitrogens with one attached hydrogen (secondary N) is 1. The topological polar surface area (TPSA) is 82.8 Å². The SMILES string of the molecule is Cc1ccc(C(=O)N2CCC(C(=O)NCC(CO)Cc3ccco3)CC2)cc1. The maximum Gasteiger partial charge on any atom is 0.253 e. The number of carbonyl (C=O) groups is 2. The molecule has 1 aliphatic rings. The molecule has 150 valence electrons. The van der Waals surface area contributed by atoms with Gasteiger partial charge in [0.2, 0.25) is 5.91 Å². The van der Waals surface area contributed by atoms with Gasteiger partial charge in [-0.25, -0.2) is 0 Å². The Labute approximate surface area is 165 Å². The van der Waals surface area contributed by atoms with Crippen molar-refractivity contribution in [1.29, 1.82) is 0 Å². The van der Waals surface area contributed by atoms with Gasteiger partial charge in [0.25, 0.3) is 5.91 Å². The fourth-order valence-electron chi connectivity index (χ4n) is 3.53. The Morgan fingerprint density at radius 3 is 2.54 bits per heavy atom. The number of hydrogen-bond donors (Lipinski definition) is 2. The van der Waals surface area contributed by atoms with Gasteiger partial charge in [0.05, 0.1) is 6.26 Å². The molecule has 2 amide bonds. The van der Waals surface area contributed by atoms with Crippen molar-refractivity contribution in [2.24, 2.45) is 11.8 Å². The number of nitrogens with zero attached hydrogens (tertiary/aromatic N) is 1. The summed E-state index contributed by atoms with van der Waals surface area (Å²) in [4.78, 5) is 26.9. The Bertz CT molecular complexity index is 762. The lowest BCUT2D eigenvalue weighted by Crippen LogP contribution is -2.44. The van der Waals surface area contributed by atoms with Crippen LogP contribution >= 0.6 is 0 Å². The molecule has 2 aromatic rings. The van der Waals surface area contributed by atoms with Crippen LogP contribution in [0.2, 0.25) is 0 Å². The van der Waals surface area contributed by atoms with E-state index in [1.165, 1.54) is 0 Å².